The van der Waals surface area contributed by atoms with E-state index in [1.165, 1.54) is 0 Å². The van der Waals surface area contributed by atoms with E-state index in [1.54, 1.807) is 0 Å². The molecule has 1 aliphatic rings. The van der Waals surface area contributed by atoms with E-state index >= 15 is 0 Å². The number of aliphatic hydroxyl groups excluding tert-OH is 1. The van der Waals surface area contributed by atoms with Crippen LogP contribution in [-0.4, -0.2) is 66.3 Å². The first-order valence-electron chi connectivity index (χ1n) is 7.86. The lowest BCUT2D eigenvalue weighted by molar-refractivity contribution is -0.151. The highest BCUT2D eigenvalue weighted by molar-refractivity contribution is 5.83. The zero-order chi connectivity index (χ0) is 16.1. The Hall–Kier alpha value is -1.43. The molecule has 3 atom stereocenters. The summed E-state index contributed by atoms with van der Waals surface area (Å²) in [6.07, 6.45) is -0.288. The second-order valence-corrected chi connectivity index (χ2v) is 5.86. The second-order valence-electron chi connectivity index (χ2n) is 5.86. The Balaban J connectivity index is 2.25. The fourth-order valence-electron chi connectivity index (χ4n) is 2.80. The van der Waals surface area contributed by atoms with Gasteiger partial charge in [0.25, 0.3) is 0 Å². The number of nitrogens with zero attached hydrogens (tertiary/aromatic N) is 2. The van der Waals surface area contributed by atoms with E-state index < -0.39 is 0 Å². The molecule has 0 aromatic heterocycles. The molecule has 122 valence electrons. The third kappa shape index (κ3) is 3.66. The quantitative estimate of drug-likeness (QED) is 0.890. The molecule has 5 nitrogen and oxygen atoms in total. The van der Waals surface area contributed by atoms with Crippen molar-refractivity contribution in [1.82, 2.24) is 9.80 Å². The lowest BCUT2D eigenvalue weighted by Gasteiger charge is -2.40. The molecule has 5 heteroatoms. The molecule has 22 heavy (non-hydrogen) atoms. The molecule has 1 N–H and O–H groups in total. The second kappa shape index (κ2) is 7.72. The summed E-state index contributed by atoms with van der Waals surface area (Å²) in [4.78, 5) is 17.0. The summed E-state index contributed by atoms with van der Waals surface area (Å²) in [6.45, 7) is 5.66. The SMILES string of the molecule is CCN(C)C(C(=O)N1CC(CO)OCC1C)c1ccccc1. The van der Waals surface area contributed by atoms with Gasteiger partial charge in [-0.15, -0.1) is 0 Å². The van der Waals surface area contributed by atoms with Crippen LogP contribution in [0.25, 0.3) is 0 Å². The normalized spacial score (nSPS) is 23.6. The van der Waals surface area contributed by atoms with E-state index in [9.17, 15) is 9.90 Å². The molecule has 0 spiro atoms. The van der Waals surface area contributed by atoms with E-state index in [2.05, 4.69) is 0 Å². The standard InChI is InChI=1S/C17H26N2O3/c1-4-18(3)16(14-8-6-5-7-9-14)17(21)19-10-15(11-20)22-12-13(19)2/h5-9,13,15-16,20H,4,10-12H2,1-3H3. The van der Waals surface area contributed by atoms with Gasteiger partial charge in [0, 0.05) is 6.54 Å². The molecule has 2 rings (SSSR count). The van der Waals surface area contributed by atoms with Crippen LogP contribution in [0, 0.1) is 0 Å². The number of aliphatic hydroxyl groups is 1. The molecule has 1 aliphatic heterocycles. The van der Waals surface area contributed by atoms with E-state index in [0.29, 0.717) is 13.2 Å². The maximum atomic E-state index is 13.1. The molecule has 1 heterocycles. The van der Waals surface area contributed by atoms with Gasteiger partial charge >= 0.3 is 0 Å². The minimum Gasteiger partial charge on any atom is -0.394 e. The van der Waals surface area contributed by atoms with Crippen LogP contribution in [0.5, 0.6) is 0 Å². The van der Waals surface area contributed by atoms with Crippen LogP contribution < -0.4 is 0 Å². The van der Waals surface area contributed by atoms with Crippen LogP contribution in [0.15, 0.2) is 30.3 Å². The Morgan fingerprint density at radius 2 is 2.14 bits per heavy atom. The average molecular weight is 306 g/mol. The molecule has 1 amide bonds. The van der Waals surface area contributed by atoms with E-state index in [4.69, 9.17) is 4.74 Å². The maximum Gasteiger partial charge on any atom is 0.244 e. The summed E-state index contributed by atoms with van der Waals surface area (Å²) >= 11 is 0. The summed E-state index contributed by atoms with van der Waals surface area (Å²) < 4.78 is 5.53. The fraction of sp³-hybridized carbons (Fsp3) is 0.588. The van der Waals surface area contributed by atoms with Crippen molar-refractivity contribution < 1.29 is 14.6 Å². The van der Waals surface area contributed by atoms with Gasteiger partial charge in [-0.2, -0.15) is 0 Å². The van der Waals surface area contributed by atoms with Gasteiger partial charge in [0.15, 0.2) is 0 Å². The third-order valence-corrected chi connectivity index (χ3v) is 4.28. The highest BCUT2D eigenvalue weighted by Gasteiger charge is 2.35. The van der Waals surface area contributed by atoms with Crippen molar-refractivity contribution in [2.45, 2.75) is 32.0 Å². The van der Waals surface area contributed by atoms with Crippen molar-refractivity contribution in [3.8, 4) is 0 Å². The molecule has 3 unspecified atom stereocenters. The van der Waals surface area contributed by atoms with E-state index in [-0.39, 0.29) is 30.7 Å². The predicted molar refractivity (Wildman–Crippen MR) is 85.5 cm³/mol. The van der Waals surface area contributed by atoms with E-state index in [0.717, 1.165) is 12.1 Å². The van der Waals surface area contributed by atoms with Gasteiger partial charge in [0.2, 0.25) is 5.91 Å². The van der Waals surface area contributed by atoms with Gasteiger partial charge in [-0.25, -0.2) is 0 Å². The number of likely N-dealkylation sites (N-methyl/N-ethyl adjacent to an activating group) is 1. The van der Waals surface area contributed by atoms with E-state index in [1.807, 2.05) is 61.0 Å². The van der Waals surface area contributed by atoms with Crippen LogP contribution in [0.4, 0.5) is 0 Å². The molecular weight excluding hydrogens is 280 g/mol. The molecular formula is C17H26N2O3. The molecule has 1 aromatic rings. The largest absolute Gasteiger partial charge is 0.394 e. The van der Waals surface area contributed by atoms with Gasteiger partial charge in [-0.05, 0) is 26.1 Å². The van der Waals surface area contributed by atoms with Crippen LogP contribution in [0.1, 0.15) is 25.5 Å². The van der Waals surface area contributed by atoms with Crippen LogP contribution >= 0.6 is 0 Å². The number of ether oxygens (including phenoxy) is 1. The number of rotatable bonds is 5. The summed E-state index contributed by atoms with van der Waals surface area (Å²) in [5.41, 5.74) is 0.996. The van der Waals surface area contributed by atoms with Gasteiger partial charge in [-0.3, -0.25) is 9.69 Å². The third-order valence-electron chi connectivity index (χ3n) is 4.28. The van der Waals surface area contributed by atoms with Gasteiger partial charge < -0.3 is 14.7 Å². The molecule has 1 aromatic carbocycles. The highest BCUT2D eigenvalue weighted by atomic mass is 16.5. The highest BCUT2D eigenvalue weighted by Crippen LogP contribution is 2.24. The number of hydrogen-bond donors (Lipinski definition) is 1. The number of benzene rings is 1. The van der Waals surface area contributed by atoms with Crippen molar-refractivity contribution >= 4 is 5.91 Å². The zero-order valence-corrected chi connectivity index (χ0v) is 13.6. The monoisotopic (exact) mass is 306 g/mol. The Labute approximate surface area is 132 Å². The Morgan fingerprint density at radius 3 is 2.73 bits per heavy atom. The summed E-state index contributed by atoms with van der Waals surface area (Å²) in [5.74, 6) is 0.0739. The van der Waals surface area contributed by atoms with Crippen molar-refractivity contribution in [1.29, 1.82) is 0 Å². The van der Waals surface area contributed by atoms with Crippen molar-refractivity contribution in [3.63, 3.8) is 0 Å². The lowest BCUT2D eigenvalue weighted by atomic mass is 10.0. The van der Waals surface area contributed by atoms with Crippen LogP contribution in [-0.2, 0) is 9.53 Å². The number of morpholine rings is 1. The van der Waals surface area contributed by atoms with Crippen molar-refractivity contribution in [2.75, 3.05) is 33.4 Å². The van der Waals surface area contributed by atoms with Gasteiger partial charge in [0.1, 0.15) is 6.04 Å². The molecule has 0 bridgehead atoms. The molecule has 0 radical (unpaired) electrons. The first-order chi connectivity index (χ1) is 10.6. The number of carbonyl (C=O) groups excluding carboxylic acids is 1. The van der Waals surface area contributed by atoms with Gasteiger partial charge in [-0.1, -0.05) is 37.3 Å². The summed E-state index contributed by atoms with van der Waals surface area (Å²) in [7, 11) is 1.96. The van der Waals surface area contributed by atoms with Gasteiger partial charge in [0.05, 0.1) is 25.4 Å². The maximum absolute atomic E-state index is 13.1. The molecule has 0 aliphatic carbocycles. The minimum absolute atomic E-state index is 0.0202. The van der Waals surface area contributed by atoms with Crippen molar-refractivity contribution in [2.24, 2.45) is 0 Å². The summed E-state index contributed by atoms with van der Waals surface area (Å²) in [6, 6.07) is 9.57. The topological polar surface area (TPSA) is 53.0 Å². The minimum atomic E-state index is -0.300. The molecule has 1 fully saturated rings. The number of hydrogen-bond acceptors (Lipinski definition) is 4. The van der Waals surface area contributed by atoms with Crippen LogP contribution in [0.2, 0.25) is 0 Å². The number of carbonyl (C=O) groups is 1. The molecule has 0 saturated carbocycles. The smallest absolute Gasteiger partial charge is 0.244 e. The predicted octanol–water partition coefficient (Wildman–Crippen LogP) is 1.29. The zero-order valence-electron chi connectivity index (χ0n) is 13.6. The Bertz CT molecular complexity index is 480. The number of amides is 1. The Morgan fingerprint density at radius 1 is 1.45 bits per heavy atom. The lowest BCUT2D eigenvalue weighted by Crippen LogP contribution is -2.54. The molecule has 1 saturated heterocycles. The Kier molecular flexibility index (Phi) is 5.94. The first kappa shape index (κ1) is 16.9. The average Bonchev–Trinajstić information content (AvgIpc) is 2.56. The first-order valence-corrected chi connectivity index (χ1v) is 7.86. The fourth-order valence-corrected chi connectivity index (χ4v) is 2.80. The summed E-state index contributed by atoms with van der Waals surface area (Å²) in [5, 5.41) is 9.31. The van der Waals surface area contributed by atoms with Crippen LogP contribution in [0.3, 0.4) is 0 Å². The van der Waals surface area contributed by atoms with Crippen molar-refractivity contribution in [3.05, 3.63) is 35.9 Å².